The van der Waals surface area contributed by atoms with Crippen LogP contribution in [0.2, 0.25) is 0 Å². The summed E-state index contributed by atoms with van der Waals surface area (Å²) in [4.78, 5) is 1.96. The Hall–Kier alpha value is -1.13. The molecule has 96 valence electrons. The molecule has 0 saturated carbocycles. The lowest BCUT2D eigenvalue weighted by Gasteiger charge is -2.26. The Morgan fingerprint density at radius 3 is 2.76 bits per heavy atom. The highest BCUT2D eigenvalue weighted by atomic mass is 19.1. The molecule has 0 aromatic heterocycles. The Bertz CT molecular complexity index is 333. The van der Waals surface area contributed by atoms with Crippen molar-refractivity contribution < 1.29 is 9.50 Å². The van der Waals surface area contributed by atoms with Crippen LogP contribution in [-0.4, -0.2) is 37.4 Å². The van der Waals surface area contributed by atoms with Crippen LogP contribution in [0, 0.1) is 5.82 Å². The van der Waals surface area contributed by atoms with Crippen molar-refractivity contribution in [1.82, 2.24) is 5.32 Å². The predicted octanol–water partition coefficient (Wildman–Crippen LogP) is 1.62. The van der Waals surface area contributed by atoms with Crippen molar-refractivity contribution in [2.75, 3.05) is 31.1 Å². The van der Waals surface area contributed by atoms with E-state index in [0.717, 1.165) is 18.8 Å². The van der Waals surface area contributed by atoms with Crippen molar-refractivity contribution in [3.05, 3.63) is 30.1 Å². The summed E-state index contributed by atoms with van der Waals surface area (Å²) in [5, 5.41) is 12.9. The van der Waals surface area contributed by atoms with Crippen molar-refractivity contribution in [1.29, 1.82) is 0 Å². The topological polar surface area (TPSA) is 35.5 Å². The number of likely N-dealkylation sites (N-methyl/N-ethyl adjacent to an activating group) is 2. The molecule has 2 N–H and O–H groups in total. The van der Waals surface area contributed by atoms with E-state index >= 15 is 0 Å². The average Bonchev–Trinajstić information content (AvgIpc) is 2.33. The third-order valence-electron chi connectivity index (χ3n) is 2.62. The van der Waals surface area contributed by atoms with Crippen molar-refractivity contribution in [3.63, 3.8) is 0 Å². The molecule has 0 aliphatic carbocycles. The van der Waals surface area contributed by atoms with Gasteiger partial charge in [0.1, 0.15) is 5.82 Å². The number of nitrogens with one attached hydrogen (secondary N) is 1. The molecular weight excluding hydrogens is 219 g/mol. The fraction of sp³-hybridized carbons (Fsp3) is 0.538. The van der Waals surface area contributed by atoms with E-state index in [-0.39, 0.29) is 5.82 Å². The monoisotopic (exact) mass is 240 g/mol. The number of rotatable bonds is 7. The molecule has 1 aromatic rings. The molecule has 3 nitrogen and oxygen atoms in total. The lowest BCUT2D eigenvalue weighted by Crippen LogP contribution is -2.38. The van der Waals surface area contributed by atoms with E-state index < -0.39 is 6.10 Å². The minimum atomic E-state index is -0.446. The van der Waals surface area contributed by atoms with Gasteiger partial charge in [-0.2, -0.15) is 0 Å². The van der Waals surface area contributed by atoms with E-state index in [0.29, 0.717) is 13.1 Å². The lowest BCUT2D eigenvalue weighted by atomic mass is 10.2. The number of hydrogen-bond donors (Lipinski definition) is 2. The van der Waals surface area contributed by atoms with Crippen LogP contribution in [0.4, 0.5) is 10.1 Å². The normalized spacial score (nSPS) is 12.5. The van der Waals surface area contributed by atoms with Crippen LogP contribution in [0.1, 0.15) is 13.8 Å². The van der Waals surface area contributed by atoms with Crippen LogP contribution in [0.15, 0.2) is 24.3 Å². The molecule has 0 aliphatic heterocycles. The SMILES string of the molecule is CCNCC(O)CN(CC)c1cccc(F)c1. The van der Waals surface area contributed by atoms with E-state index in [1.54, 1.807) is 6.07 Å². The van der Waals surface area contributed by atoms with Crippen molar-refractivity contribution >= 4 is 5.69 Å². The number of aliphatic hydroxyl groups is 1. The molecular formula is C13H21FN2O. The second-order valence-electron chi connectivity index (χ2n) is 3.98. The van der Waals surface area contributed by atoms with Crippen LogP contribution in [0.5, 0.6) is 0 Å². The number of aliphatic hydroxyl groups excluding tert-OH is 1. The first-order valence-corrected chi connectivity index (χ1v) is 6.06. The van der Waals surface area contributed by atoms with Gasteiger partial charge >= 0.3 is 0 Å². The van der Waals surface area contributed by atoms with Gasteiger partial charge in [0.15, 0.2) is 0 Å². The van der Waals surface area contributed by atoms with Crippen molar-refractivity contribution in [2.45, 2.75) is 20.0 Å². The smallest absolute Gasteiger partial charge is 0.125 e. The second-order valence-corrected chi connectivity index (χ2v) is 3.98. The molecule has 0 radical (unpaired) electrons. The summed E-state index contributed by atoms with van der Waals surface area (Å²) in [6.45, 7) is 6.63. The Balaban J connectivity index is 2.59. The fourth-order valence-electron chi connectivity index (χ4n) is 1.72. The van der Waals surface area contributed by atoms with Gasteiger partial charge in [-0.15, -0.1) is 0 Å². The van der Waals surface area contributed by atoms with Crippen LogP contribution in [-0.2, 0) is 0 Å². The van der Waals surface area contributed by atoms with E-state index in [2.05, 4.69) is 5.32 Å². The second kappa shape index (κ2) is 7.25. The number of halogens is 1. The molecule has 0 bridgehead atoms. The van der Waals surface area contributed by atoms with Crippen LogP contribution < -0.4 is 10.2 Å². The van der Waals surface area contributed by atoms with E-state index in [1.165, 1.54) is 12.1 Å². The average molecular weight is 240 g/mol. The van der Waals surface area contributed by atoms with Gasteiger partial charge in [0.05, 0.1) is 6.10 Å². The quantitative estimate of drug-likeness (QED) is 0.760. The highest BCUT2D eigenvalue weighted by Gasteiger charge is 2.10. The van der Waals surface area contributed by atoms with Crippen LogP contribution in [0.25, 0.3) is 0 Å². The number of benzene rings is 1. The van der Waals surface area contributed by atoms with Crippen LogP contribution in [0.3, 0.4) is 0 Å². The first kappa shape index (κ1) is 13.9. The Labute approximate surface area is 102 Å². The first-order chi connectivity index (χ1) is 8.17. The minimum absolute atomic E-state index is 0.248. The fourth-order valence-corrected chi connectivity index (χ4v) is 1.72. The summed E-state index contributed by atoms with van der Waals surface area (Å²) in [7, 11) is 0. The third-order valence-corrected chi connectivity index (χ3v) is 2.62. The summed E-state index contributed by atoms with van der Waals surface area (Å²) in [5.74, 6) is -0.248. The van der Waals surface area contributed by atoms with E-state index in [1.807, 2.05) is 24.8 Å². The van der Waals surface area contributed by atoms with Gasteiger partial charge in [-0.3, -0.25) is 0 Å². The highest BCUT2D eigenvalue weighted by molar-refractivity contribution is 5.46. The molecule has 17 heavy (non-hydrogen) atoms. The minimum Gasteiger partial charge on any atom is -0.390 e. The maximum absolute atomic E-state index is 13.1. The van der Waals surface area contributed by atoms with E-state index in [4.69, 9.17) is 0 Å². The first-order valence-electron chi connectivity index (χ1n) is 6.06. The van der Waals surface area contributed by atoms with Gasteiger partial charge in [-0.25, -0.2) is 4.39 Å². The van der Waals surface area contributed by atoms with Crippen molar-refractivity contribution in [2.24, 2.45) is 0 Å². The summed E-state index contributed by atoms with van der Waals surface area (Å²) < 4.78 is 13.1. The molecule has 0 amide bonds. The Morgan fingerprint density at radius 2 is 2.18 bits per heavy atom. The maximum atomic E-state index is 13.1. The van der Waals surface area contributed by atoms with Gasteiger partial charge in [0.2, 0.25) is 0 Å². The van der Waals surface area contributed by atoms with E-state index in [9.17, 15) is 9.50 Å². The standard InChI is InChI=1S/C13H21FN2O/c1-3-15-9-13(17)10-16(4-2)12-7-5-6-11(14)8-12/h5-8,13,15,17H,3-4,9-10H2,1-2H3. The molecule has 4 heteroatoms. The zero-order valence-corrected chi connectivity index (χ0v) is 10.5. The van der Waals surface area contributed by atoms with Crippen LogP contribution >= 0.6 is 0 Å². The molecule has 1 atom stereocenters. The largest absolute Gasteiger partial charge is 0.390 e. The zero-order chi connectivity index (χ0) is 12.7. The third kappa shape index (κ3) is 4.71. The molecule has 0 heterocycles. The molecule has 1 unspecified atom stereocenters. The number of nitrogens with zero attached hydrogens (tertiary/aromatic N) is 1. The van der Waals surface area contributed by atoms with Gasteiger partial charge < -0.3 is 15.3 Å². The van der Waals surface area contributed by atoms with Gasteiger partial charge in [-0.1, -0.05) is 13.0 Å². The maximum Gasteiger partial charge on any atom is 0.125 e. The number of anilines is 1. The zero-order valence-electron chi connectivity index (χ0n) is 10.5. The molecule has 1 rings (SSSR count). The Kier molecular flexibility index (Phi) is 5.94. The molecule has 0 fully saturated rings. The molecule has 0 saturated heterocycles. The summed E-state index contributed by atoms with van der Waals surface area (Å²) >= 11 is 0. The Morgan fingerprint density at radius 1 is 1.41 bits per heavy atom. The van der Waals surface area contributed by atoms with Gasteiger partial charge in [-0.05, 0) is 31.7 Å². The van der Waals surface area contributed by atoms with Gasteiger partial charge in [0.25, 0.3) is 0 Å². The van der Waals surface area contributed by atoms with Gasteiger partial charge in [0, 0.05) is 25.3 Å². The summed E-state index contributed by atoms with van der Waals surface area (Å²) in [6.07, 6.45) is -0.446. The molecule has 0 spiro atoms. The number of hydrogen-bond acceptors (Lipinski definition) is 3. The highest BCUT2D eigenvalue weighted by Crippen LogP contribution is 2.15. The predicted molar refractivity (Wildman–Crippen MR) is 68.8 cm³/mol. The summed E-state index contributed by atoms with van der Waals surface area (Å²) in [5.41, 5.74) is 0.808. The molecule has 1 aromatic carbocycles. The summed E-state index contributed by atoms with van der Waals surface area (Å²) in [6, 6.07) is 6.45. The lowest BCUT2D eigenvalue weighted by molar-refractivity contribution is 0.177. The van der Waals surface area contributed by atoms with Crippen molar-refractivity contribution in [3.8, 4) is 0 Å². The molecule has 0 aliphatic rings.